The molecule has 0 amide bonds. The van der Waals surface area contributed by atoms with E-state index in [1.165, 1.54) is 125 Å². The highest BCUT2D eigenvalue weighted by molar-refractivity contribution is 14.1. The van der Waals surface area contributed by atoms with E-state index in [0.29, 0.717) is 0 Å². The van der Waals surface area contributed by atoms with Gasteiger partial charge in [-0.05, 0) is 210 Å². The maximum Gasteiger partial charge on any atom is 0.0542 e. The SMILES string of the molecule is CC1(C)c2cc(N(c3ccccc3)c3ccc4c(c3)c3ccccc3n4-c3ccccc3)ccc2-c2ccc3ccccc3c21.CC1(C)c2cc(Nc3ccccc3)ccc2-c2ccc3ccccc3c21.Ic1ccc2c(c1)c1ccccc1n2-c1ccccc1.[B]. The maximum absolute atomic E-state index is 3.54. The van der Waals surface area contributed by atoms with Crippen molar-refractivity contribution in [2.24, 2.45) is 0 Å². The number of fused-ring (bicyclic) bond motifs is 16. The fourth-order valence-electron chi connectivity index (χ4n) is 14.9. The van der Waals surface area contributed by atoms with Gasteiger partial charge in [-0.3, -0.25) is 0 Å². The minimum absolute atomic E-state index is 0. The molecule has 0 aliphatic heterocycles. The summed E-state index contributed by atoms with van der Waals surface area (Å²) >= 11 is 2.38. The zero-order valence-corrected chi connectivity index (χ0v) is 54.0. The molecule has 92 heavy (non-hydrogen) atoms. The summed E-state index contributed by atoms with van der Waals surface area (Å²) in [7, 11) is 0. The van der Waals surface area contributed by atoms with Gasteiger partial charge in [0.05, 0.1) is 22.1 Å². The van der Waals surface area contributed by atoms with Crippen LogP contribution in [0.25, 0.3) is 98.8 Å². The molecule has 0 unspecified atom stereocenters. The molecule has 0 fully saturated rings. The van der Waals surface area contributed by atoms with Gasteiger partial charge in [0.25, 0.3) is 0 Å². The van der Waals surface area contributed by atoms with Gasteiger partial charge in [0.2, 0.25) is 0 Å². The second kappa shape index (κ2) is 23.4. The van der Waals surface area contributed by atoms with Crippen LogP contribution in [0.4, 0.5) is 28.4 Å². The van der Waals surface area contributed by atoms with Gasteiger partial charge in [0, 0.05) is 84.2 Å². The van der Waals surface area contributed by atoms with Crippen LogP contribution in [0.2, 0.25) is 0 Å². The van der Waals surface area contributed by atoms with Crippen molar-refractivity contribution in [3.8, 4) is 33.6 Å². The third-order valence-electron chi connectivity index (χ3n) is 19.0. The second-order valence-electron chi connectivity index (χ2n) is 25.1. The van der Waals surface area contributed by atoms with Crippen molar-refractivity contribution in [1.82, 2.24) is 9.13 Å². The van der Waals surface area contributed by atoms with Crippen LogP contribution >= 0.6 is 22.6 Å². The highest BCUT2D eigenvalue weighted by Gasteiger charge is 2.39. The summed E-state index contributed by atoms with van der Waals surface area (Å²) in [5.74, 6) is 0. The standard InChI is InChI=1S/C43H32N2.C25H21N.C18H12IN.B/c1-43(2)39-28-33(22-25-35(39)37-24-21-29-13-9-10-18-34(29)42(37)43)44(30-14-5-3-6-15-30)32-23-26-41-38(27-32)36-19-11-12-20-40(36)45(41)31-16-7-4-8-17-31;1-25(2)23-16-19(26-18-9-4-3-5-10-18)13-15-21(23)22-14-12-17-8-6-7-11-20(17)24(22)25;19-13-10-11-18-16(12-13)15-8-4-5-9-17(15)20(18)14-6-2-1-3-7-14;/h3-28H,1-2H3;3-16,26H,1-2H3;1-12H;. The predicted molar refractivity (Wildman–Crippen MR) is 401 cm³/mol. The number of rotatable bonds is 7. The number of nitrogens with zero attached hydrogens (tertiary/aromatic N) is 3. The monoisotopic (exact) mass is 1290 g/mol. The minimum atomic E-state index is -0.128. The van der Waals surface area contributed by atoms with Crippen LogP contribution in [-0.4, -0.2) is 17.5 Å². The molecule has 439 valence electrons. The van der Waals surface area contributed by atoms with Gasteiger partial charge in [0.1, 0.15) is 0 Å². The molecule has 2 heterocycles. The van der Waals surface area contributed by atoms with Crippen molar-refractivity contribution in [2.45, 2.75) is 38.5 Å². The Morgan fingerprint density at radius 2 is 0.707 bits per heavy atom. The summed E-state index contributed by atoms with van der Waals surface area (Å²) in [5.41, 5.74) is 23.9. The molecule has 0 saturated carbocycles. The van der Waals surface area contributed by atoms with Crippen LogP contribution in [0, 0.1) is 3.57 Å². The van der Waals surface area contributed by atoms with Crippen molar-refractivity contribution in [2.75, 3.05) is 10.2 Å². The molecular formula is C86H65BIN4. The Bertz CT molecular complexity index is 5460. The lowest BCUT2D eigenvalue weighted by atomic mass is 9.80. The van der Waals surface area contributed by atoms with E-state index < -0.39 is 0 Å². The van der Waals surface area contributed by atoms with Crippen LogP contribution < -0.4 is 10.2 Å². The van der Waals surface area contributed by atoms with Crippen LogP contribution in [0.3, 0.4) is 0 Å². The van der Waals surface area contributed by atoms with Gasteiger partial charge in [-0.2, -0.15) is 0 Å². The number of halogens is 1. The number of aromatic nitrogens is 2. The summed E-state index contributed by atoms with van der Waals surface area (Å²) in [6, 6.07) is 114. The van der Waals surface area contributed by atoms with E-state index in [1.54, 1.807) is 0 Å². The Labute approximate surface area is 553 Å². The topological polar surface area (TPSA) is 25.1 Å². The summed E-state index contributed by atoms with van der Waals surface area (Å²) in [4.78, 5) is 2.41. The van der Waals surface area contributed by atoms with Gasteiger partial charge in [-0.25, -0.2) is 0 Å². The third kappa shape index (κ3) is 9.83. The van der Waals surface area contributed by atoms with Gasteiger partial charge in [-0.15, -0.1) is 0 Å². The number of para-hydroxylation sites is 6. The molecule has 0 saturated heterocycles. The van der Waals surface area contributed by atoms with Crippen molar-refractivity contribution in [3.05, 3.63) is 341 Å². The fourth-order valence-corrected chi connectivity index (χ4v) is 15.4. The molecule has 18 rings (SSSR count). The lowest BCUT2D eigenvalue weighted by Crippen LogP contribution is -2.17. The quantitative estimate of drug-likeness (QED) is 0.127. The van der Waals surface area contributed by atoms with Crippen molar-refractivity contribution in [3.63, 3.8) is 0 Å². The smallest absolute Gasteiger partial charge is 0.0542 e. The number of hydrogen-bond acceptors (Lipinski definition) is 2. The zero-order chi connectivity index (χ0) is 61.4. The summed E-state index contributed by atoms with van der Waals surface area (Å²) < 4.78 is 5.98. The van der Waals surface area contributed by atoms with E-state index in [9.17, 15) is 0 Å². The Kier molecular flexibility index (Phi) is 14.8. The second-order valence-corrected chi connectivity index (χ2v) is 26.3. The molecule has 4 nitrogen and oxygen atoms in total. The molecule has 0 spiro atoms. The molecule has 6 heteroatoms. The Balaban J connectivity index is 0.000000126. The van der Waals surface area contributed by atoms with E-state index in [1.807, 2.05) is 6.07 Å². The maximum atomic E-state index is 3.54. The first-order valence-electron chi connectivity index (χ1n) is 31.4. The molecule has 14 aromatic carbocycles. The summed E-state index contributed by atoms with van der Waals surface area (Å²) in [6.07, 6.45) is 0. The molecule has 16 aromatic rings. The molecular weight excluding hydrogens is 1230 g/mol. The molecule has 0 bridgehead atoms. The van der Waals surface area contributed by atoms with Crippen molar-refractivity contribution in [1.29, 1.82) is 0 Å². The lowest BCUT2D eigenvalue weighted by Gasteiger charge is -2.28. The zero-order valence-electron chi connectivity index (χ0n) is 51.8. The summed E-state index contributed by atoms with van der Waals surface area (Å²) in [6.45, 7) is 9.45. The number of benzene rings is 14. The highest BCUT2D eigenvalue weighted by atomic mass is 127. The van der Waals surface area contributed by atoms with E-state index in [-0.39, 0.29) is 19.2 Å². The van der Waals surface area contributed by atoms with Gasteiger partial charge < -0.3 is 19.4 Å². The first-order chi connectivity index (χ1) is 44.6. The average Bonchev–Trinajstić information content (AvgIpc) is 1.58. The molecule has 2 aromatic heterocycles. The molecule has 1 N–H and O–H groups in total. The van der Waals surface area contributed by atoms with Crippen LogP contribution in [0.5, 0.6) is 0 Å². The lowest BCUT2D eigenvalue weighted by molar-refractivity contribution is 0.666. The average molecular weight is 1290 g/mol. The fraction of sp³-hybridized carbons (Fsp3) is 0.0698. The highest BCUT2D eigenvalue weighted by Crippen LogP contribution is 2.54. The van der Waals surface area contributed by atoms with Crippen molar-refractivity contribution >= 4 is 125 Å². The first kappa shape index (κ1) is 58.0. The van der Waals surface area contributed by atoms with E-state index in [0.717, 1.165) is 28.4 Å². The third-order valence-corrected chi connectivity index (χ3v) is 19.6. The van der Waals surface area contributed by atoms with Crippen LogP contribution in [-0.2, 0) is 10.8 Å². The number of nitrogens with one attached hydrogen (secondary N) is 1. The van der Waals surface area contributed by atoms with E-state index in [2.05, 4.69) is 379 Å². The Morgan fingerprint density at radius 3 is 1.26 bits per heavy atom. The largest absolute Gasteiger partial charge is 0.356 e. The van der Waals surface area contributed by atoms with Gasteiger partial charge in [-0.1, -0.05) is 222 Å². The predicted octanol–water partition coefficient (Wildman–Crippen LogP) is 23.6. The molecule has 3 radical (unpaired) electrons. The normalized spacial score (nSPS) is 12.9. The molecule has 2 aliphatic rings. The van der Waals surface area contributed by atoms with Crippen molar-refractivity contribution < 1.29 is 0 Å². The van der Waals surface area contributed by atoms with Gasteiger partial charge >= 0.3 is 0 Å². The first-order valence-corrected chi connectivity index (χ1v) is 32.5. The van der Waals surface area contributed by atoms with Crippen LogP contribution in [0.1, 0.15) is 49.9 Å². The molecule has 0 atom stereocenters. The van der Waals surface area contributed by atoms with E-state index in [4.69, 9.17) is 0 Å². The Morgan fingerprint density at radius 1 is 0.304 bits per heavy atom. The van der Waals surface area contributed by atoms with Crippen LogP contribution in [0.15, 0.2) is 315 Å². The summed E-state index contributed by atoms with van der Waals surface area (Å²) in [5, 5.41) is 14.0. The number of hydrogen-bond donors (Lipinski definition) is 1. The Hall–Kier alpha value is -10.4. The minimum Gasteiger partial charge on any atom is -0.356 e. The van der Waals surface area contributed by atoms with Gasteiger partial charge in [0.15, 0.2) is 0 Å². The van der Waals surface area contributed by atoms with E-state index >= 15 is 0 Å². The molecule has 2 aliphatic carbocycles. The number of anilines is 5.